The van der Waals surface area contributed by atoms with Crippen molar-refractivity contribution in [2.45, 2.75) is 51.0 Å². The Morgan fingerprint density at radius 2 is 1.89 bits per heavy atom. The standard InChI is InChI=1S/C32H46ClN7O4/c1-35-30-26(20-23(8-11-36-30)31(41)37-12-15-39-16-18-43-19-17-39)29(34)38-24-6-7-28(27(33)21-24)44-25-9-13-40(14-10-25)32(42)22-4-2-3-5-22/h6-7,20-22,25,35-36H,2-5,8-19H2,1H3,(H2,34,38)(H,37,41). The molecule has 5 rings (SSSR count). The number of aliphatic imine (C=N–C) groups is 1. The second kappa shape index (κ2) is 15.6. The molecule has 2 saturated heterocycles. The quantitative estimate of drug-likeness (QED) is 0.230. The Balaban J connectivity index is 1.19. The van der Waals surface area contributed by atoms with E-state index in [4.69, 9.17) is 26.8 Å². The molecular formula is C32H46ClN7O4. The van der Waals surface area contributed by atoms with Crippen LogP contribution in [0.2, 0.25) is 5.02 Å². The van der Waals surface area contributed by atoms with Gasteiger partial charge in [0.2, 0.25) is 11.8 Å². The fourth-order valence-corrected chi connectivity index (χ4v) is 6.48. The molecule has 44 heavy (non-hydrogen) atoms. The zero-order valence-electron chi connectivity index (χ0n) is 25.7. The number of nitrogens with zero attached hydrogens (tertiary/aromatic N) is 3. The Hall–Kier alpha value is -3.28. The Labute approximate surface area is 265 Å². The minimum Gasteiger partial charge on any atom is -0.489 e. The molecular weight excluding hydrogens is 582 g/mol. The number of likely N-dealkylation sites (tertiary alicyclic amines) is 1. The average molecular weight is 628 g/mol. The monoisotopic (exact) mass is 627 g/mol. The van der Waals surface area contributed by atoms with Gasteiger partial charge in [0.05, 0.1) is 29.5 Å². The van der Waals surface area contributed by atoms with Gasteiger partial charge in [-0.25, -0.2) is 4.99 Å². The number of halogens is 1. The number of amides is 2. The van der Waals surface area contributed by atoms with E-state index in [1.807, 2.05) is 17.0 Å². The lowest BCUT2D eigenvalue weighted by Gasteiger charge is -2.33. The van der Waals surface area contributed by atoms with Gasteiger partial charge in [0.25, 0.3) is 0 Å². The number of rotatable bonds is 10. The Bertz CT molecular complexity index is 1260. The number of nitrogens with one attached hydrogen (secondary N) is 3. The zero-order chi connectivity index (χ0) is 30.9. The molecule has 3 aliphatic heterocycles. The molecule has 1 saturated carbocycles. The predicted molar refractivity (Wildman–Crippen MR) is 172 cm³/mol. The summed E-state index contributed by atoms with van der Waals surface area (Å²) in [5.41, 5.74) is 8.33. The van der Waals surface area contributed by atoms with E-state index in [-0.39, 0.29) is 23.8 Å². The van der Waals surface area contributed by atoms with Gasteiger partial charge in [-0.15, -0.1) is 0 Å². The molecule has 2 amide bonds. The predicted octanol–water partition coefficient (Wildman–Crippen LogP) is 2.69. The number of amidine groups is 1. The van der Waals surface area contributed by atoms with E-state index in [2.05, 4.69) is 25.8 Å². The number of hydrogen-bond acceptors (Lipinski definition) is 8. The molecule has 1 aliphatic carbocycles. The number of morpholine rings is 1. The van der Waals surface area contributed by atoms with Gasteiger partial charge in [-0.2, -0.15) is 0 Å². The van der Waals surface area contributed by atoms with E-state index in [1.165, 1.54) is 0 Å². The van der Waals surface area contributed by atoms with E-state index in [9.17, 15) is 9.59 Å². The first-order valence-electron chi connectivity index (χ1n) is 16.0. The van der Waals surface area contributed by atoms with E-state index in [1.54, 1.807) is 19.2 Å². The van der Waals surface area contributed by atoms with Crippen LogP contribution in [0.4, 0.5) is 5.69 Å². The summed E-state index contributed by atoms with van der Waals surface area (Å²) < 4.78 is 11.6. The molecule has 0 radical (unpaired) electrons. The highest BCUT2D eigenvalue weighted by atomic mass is 35.5. The fraction of sp³-hybridized carbons (Fsp3) is 0.594. The van der Waals surface area contributed by atoms with Crippen LogP contribution in [0.5, 0.6) is 5.75 Å². The van der Waals surface area contributed by atoms with Crippen molar-refractivity contribution in [3.05, 3.63) is 46.3 Å². The van der Waals surface area contributed by atoms with Crippen LogP contribution in [0.25, 0.3) is 0 Å². The first-order chi connectivity index (χ1) is 21.4. The molecule has 0 atom stereocenters. The number of benzene rings is 1. The highest BCUT2D eigenvalue weighted by Crippen LogP contribution is 2.32. The summed E-state index contributed by atoms with van der Waals surface area (Å²) >= 11 is 6.62. The lowest BCUT2D eigenvalue weighted by atomic mass is 10.0. The number of piperidine rings is 1. The molecule has 1 aromatic carbocycles. The average Bonchev–Trinajstić information content (AvgIpc) is 3.49. The number of hydrogen-bond donors (Lipinski definition) is 4. The minimum absolute atomic E-state index is 0.00327. The van der Waals surface area contributed by atoms with E-state index in [0.717, 1.165) is 84.5 Å². The highest BCUT2D eigenvalue weighted by molar-refractivity contribution is 6.32. The van der Waals surface area contributed by atoms with E-state index >= 15 is 0 Å². The normalized spacial score (nSPS) is 21.0. The van der Waals surface area contributed by atoms with Crippen LogP contribution in [0, 0.1) is 5.92 Å². The Kier molecular flexibility index (Phi) is 11.4. The third-order valence-electron chi connectivity index (χ3n) is 8.84. The van der Waals surface area contributed by atoms with Gasteiger partial charge in [-0.05, 0) is 43.5 Å². The lowest BCUT2D eigenvalue weighted by Crippen LogP contribution is -2.44. The first kappa shape index (κ1) is 32.1. The van der Waals surface area contributed by atoms with Gasteiger partial charge in [-0.3, -0.25) is 14.5 Å². The van der Waals surface area contributed by atoms with Gasteiger partial charge in [0.1, 0.15) is 23.5 Å². The molecule has 5 N–H and O–H groups in total. The fourth-order valence-electron chi connectivity index (χ4n) is 6.26. The summed E-state index contributed by atoms with van der Waals surface area (Å²) in [4.78, 5) is 34.7. The van der Waals surface area contributed by atoms with Gasteiger partial charge >= 0.3 is 0 Å². The van der Waals surface area contributed by atoms with Crippen molar-refractivity contribution < 1.29 is 19.1 Å². The number of ether oxygens (including phenoxy) is 2. The minimum atomic E-state index is -0.110. The van der Waals surface area contributed by atoms with Crippen molar-refractivity contribution in [1.82, 2.24) is 25.8 Å². The molecule has 11 nitrogen and oxygen atoms in total. The third kappa shape index (κ3) is 8.46. The topological polar surface area (TPSA) is 134 Å². The van der Waals surface area contributed by atoms with Crippen LogP contribution in [0.1, 0.15) is 44.9 Å². The summed E-state index contributed by atoms with van der Waals surface area (Å²) in [7, 11) is 1.80. The molecule has 240 valence electrons. The SMILES string of the molecule is CNC1=C(C(N)=Nc2ccc(OC3CCN(C(=O)C4CCCC4)CC3)c(Cl)c2)C=C(C(=O)NCCN2CCOCC2)CCN1. The Morgan fingerprint density at radius 1 is 1.14 bits per heavy atom. The van der Waals surface area contributed by atoms with Crippen molar-refractivity contribution in [3.8, 4) is 5.75 Å². The summed E-state index contributed by atoms with van der Waals surface area (Å²) in [6.07, 6.45) is 8.30. The third-order valence-corrected chi connectivity index (χ3v) is 9.13. The molecule has 4 aliphatic rings. The van der Waals surface area contributed by atoms with Crippen LogP contribution in [-0.4, -0.2) is 99.6 Å². The van der Waals surface area contributed by atoms with E-state index < -0.39 is 0 Å². The summed E-state index contributed by atoms with van der Waals surface area (Å²) in [5, 5.41) is 9.95. The summed E-state index contributed by atoms with van der Waals surface area (Å²) in [6, 6.07) is 5.36. The number of nitrogens with two attached hydrogens (primary N) is 1. The van der Waals surface area contributed by atoms with Crippen LogP contribution in [-0.2, 0) is 14.3 Å². The molecule has 0 unspecified atom stereocenters. The maximum absolute atomic E-state index is 13.0. The van der Waals surface area contributed by atoms with Crippen LogP contribution < -0.4 is 26.4 Å². The molecule has 0 spiro atoms. The van der Waals surface area contributed by atoms with Crippen molar-refractivity contribution in [2.24, 2.45) is 16.6 Å². The summed E-state index contributed by atoms with van der Waals surface area (Å²) in [5.74, 6) is 1.96. The molecule has 1 aromatic rings. The van der Waals surface area contributed by atoms with Crippen LogP contribution in [0.15, 0.2) is 46.2 Å². The van der Waals surface area contributed by atoms with Crippen molar-refractivity contribution in [2.75, 3.05) is 66.1 Å². The van der Waals surface area contributed by atoms with Crippen molar-refractivity contribution in [3.63, 3.8) is 0 Å². The largest absolute Gasteiger partial charge is 0.489 e. The zero-order valence-corrected chi connectivity index (χ0v) is 26.5. The van der Waals surface area contributed by atoms with Gasteiger partial charge in [0, 0.05) is 77.2 Å². The molecule has 0 bridgehead atoms. The second-order valence-electron chi connectivity index (χ2n) is 11.8. The van der Waals surface area contributed by atoms with Crippen molar-refractivity contribution >= 4 is 34.9 Å². The molecule has 0 aromatic heterocycles. The van der Waals surface area contributed by atoms with E-state index in [0.29, 0.717) is 58.8 Å². The molecule has 3 heterocycles. The van der Waals surface area contributed by atoms with Crippen molar-refractivity contribution in [1.29, 1.82) is 0 Å². The van der Waals surface area contributed by atoms with Crippen LogP contribution >= 0.6 is 11.6 Å². The van der Waals surface area contributed by atoms with Gasteiger partial charge in [0.15, 0.2) is 0 Å². The number of carbonyl (C=O) groups is 2. The van der Waals surface area contributed by atoms with Gasteiger partial charge < -0.3 is 36.1 Å². The maximum atomic E-state index is 13.0. The molecule has 3 fully saturated rings. The smallest absolute Gasteiger partial charge is 0.247 e. The Morgan fingerprint density at radius 3 is 2.59 bits per heavy atom. The van der Waals surface area contributed by atoms with Crippen LogP contribution in [0.3, 0.4) is 0 Å². The summed E-state index contributed by atoms with van der Waals surface area (Å²) in [6.45, 7) is 6.59. The first-order valence-corrected chi connectivity index (χ1v) is 16.3. The lowest BCUT2D eigenvalue weighted by molar-refractivity contribution is -0.137. The van der Waals surface area contributed by atoms with Gasteiger partial charge in [-0.1, -0.05) is 24.4 Å². The molecule has 12 heteroatoms. The number of carbonyl (C=O) groups excluding carboxylic acids is 2. The second-order valence-corrected chi connectivity index (χ2v) is 12.2. The highest BCUT2D eigenvalue weighted by Gasteiger charge is 2.30. The maximum Gasteiger partial charge on any atom is 0.247 e.